The molecule has 0 aromatic heterocycles. The Bertz CT molecular complexity index is 507. The third-order valence-electron chi connectivity index (χ3n) is 2.51. The summed E-state index contributed by atoms with van der Waals surface area (Å²) in [5.74, 6) is 0.661. The number of hydrogen-bond acceptors (Lipinski definition) is 3. The van der Waals surface area contributed by atoms with E-state index in [2.05, 4.69) is 16.3 Å². The van der Waals surface area contributed by atoms with Gasteiger partial charge < -0.3 is 10.5 Å². The minimum Gasteiger partial charge on any atom is -0.488 e. The molecule has 1 unspecified atom stereocenters. The Hall–Kier alpha value is -2.14. The predicted molar refractivity (Wildman–Crippen MR) is 68.9 cm³/mol. The number of ether oxygens (including phenoxy) is 1. The van der Waals surface area contributed by atoms with Gasteiger partial charge in [0.05, 0.1) is 6.21 Å². The molecule has 1 aliphatic rings. The van der Waals surface area contributed by atoms with Crippen molar-refractivity contribution in [1.29, 1.82) is 0 Å². The molecule has 0 aliphatic carbocycles. The van der Waals surface area contributed by atoms with Crippen molar-refractivity contribution in [1.82, 2.24) is 5.43 Å². The fraction of sp³-hybridized carbons (Fsp3) is 0.231. The van der Waals surface area contributed by atoms with Crippen LogP contribution in [0, 0.1) is 0 Å². The van der Waals surface area contributed by atoms with Gasteiger partial charge in [-0.2, -0.15) is 5.10 Å². The average Bonchev–Trinajstić information content (AvgIpc) is 2.38. The van der Waals surface area contributed by atoms with Crippen LogP contribution in [0.15, 0.2) is 34.9 Å². The largest absolute Gasteiger partial charge is 0.488 e. The van der Waals surface area contributed by atoms with Crippen LogP contribution in [0.1, 0.15) is 12.5 Å². The molecule has 1 amide bonds. The molecule has 0 bridgehead atoms. The van der Waals surface area contributed by atoms with Crippen molar-refractivity contribution in [2.24, 2.45) is 5.10 Å². The van der Waals surface area contributed by atoms with E-state index in [4.69, 9.17) is 4.74 Å². The van der Waals surface area contributed by atoms with Crippen LogP contribution < -0.4 is 15.9 Å². The number of para-hydroxylation sites is 1. The van der Waals surface area contributed by atoms with Gasteiger partial charge in [-0.15, -0.1) is 0 Å². The van der Waals surface area contributed by atoms with Gasteiger partial charge >= 0.3 is 0 Å². The van der Waals surface area contributed by atoms with Crippen molar-refractivity contribution in [2.45, 2.75) is 13.0 Å². The van der Waals surface area contributed by atoms with Crippen molar-refractivity contribution >= 4 is 18.2 Å². The Kier molecular flexibility index (Phi) is 3.74. The molecule has 2 rings (SSSR count). The van der Waals surface area contributed by atoms with Crippen LogP contribution >= 0.6 is 0 Å². The van der Waals surface area contributed by atoms with Crippen LogP contribution in [0.25, 0.3) is 6.08 Å². The molecule has 0 radical (unpaired) electrons. The fourth-order valence-corrected chi connectivity index (χ4v) is 1.50. The first-order valence-corrected chi connectivity index (χ1v) is 5.75. The molecular weight excluding hydrogens is 230 g/mol. The van der Waals surface area contributed by atoms with Gasteiger partial charge in [0.2, 0.25) is 0 Å². The number of nitrogens with one attached hydrogen (secondary N) is 1. The van der Waals surface area contributed by atoms with Crippen LogP contribution in [0.4, 0.5) is 0 Å². The van der Waals surface area contributed by atoms with Gasteiger partial charge in [0, 0.05) is 11.1 Å². The zero-order valence-electron chi connectivity index (χ0n) is 10.2. The summed E-state index contributed by atoms with van der Waals surface area (Å²) in [5, 5.41) is 3.88. The van der Waals surface area contributed by atoms with Gasteiger partial charge in [-0.25, -0.2) is 5.43 Å². The van der Waals surface area contributed by atoms with Crippen molar-refractivity contribution < 1.29 is 15.3 Å². The molecule has 0 saturated heterocycles. The molecule has 1 aromatic carbocycles. The minimum atomic E-state index is -0.320. The summed E-state index contributed by atoms with van der Waals surface area (Å²) in [6, 6.07) is 7.46. The van der Waals surface area contributed by atoms with Crippen molar-refractivity contribution in [3.8, 4) is 5.75 Å². The Labute approximate surface area is 105 Å². The molecule has 1 aliphatic heterocycles. The maximum Gasteiger partial charge on any atom is 0.297 e. The van der Waals surface area contributed by atoms with Crippen molar-refractivity contribution in [3.05, 3.63) is 35.4 Å². The van der Waals surface area contributed by atoms with Gasteiger partial charge in [0.15, 0.2) is 6.04 Å². The van der Waals surface area contributed by atoms with E-state index in [1.165, 1.54) is 0 Å². The lowest BCUT2D eigenvalue weighted by Crippen LogP contribution is -2.65. The number of carbonyl (C=O) groups is 1. The number of nitrogens with zero attached hydrogens (tertiary/aromatic N) is 1. The van der Waals surface area contributed by atoms with E-state index in [1.807, 2.05) is 30.3 Å². The summed E-state index contributed by atoms with van der Waals surface area (Å²) in [5.41, 5.74) is 7.96. The number of hydrogen-bond donors (Lipinski definition) is 2. The van der Waals surface area contributed by atoms with Crippen LogP contribution in [-0.2, 0) is 4.79 Å². The average molecular weight is 246 g/mol. The summed E-state index contributed by atoms with van der Waals surface area (Å²) in [7, 11) is 0. The molecule has 0 spiro atoms. The summed E-state index contributed by atoms with van der Waals surface area (Å²) in [6.45, 7) is 2.17. The highest BCUT2D eigenvalue weighted by atomic mass is 16.5. The third-order valence-corrected chi connectivity index (χ3v) is 2.51. The topological polar surface area (TPSA) is 78.3 Å². The molecule has 18 heavy (non-hydrogen) atoms. The van der Waals surface area contributed by atoms with E-state index in [-0.39, 0.29) is 11.9 Å². The van der Waals surface area contributed by atoms with Gasteiger partial charge in [0.1, 0.15) is 12.4 Å². The Morgan fingerprint density at radius 3 is 3.11 bits per heavy atom. The second kappa shape index (κ2) is 5.46. The highest BCUT2D eigenvalue weighted by molar-refractivity contribution is 5.89. The molecule has 1 aromatic rings. The standard InChI is InChI=1S/C13H15N3O2/c1-9(14)13(17)16-15-7-10-6-11-4-2-3-5-12(11)18-8-10/h2-7,9H,8,14H2,1H3,(H,16,17)/p+1. The van der Waals surface area contributed by atoms with E-state index < -0.39 is 0 Å². The van der Waals surface area contributed by atoms with Crippen LogP contribution in [-0.4, -0.2) is 24.8 Å². The molecule has 1 atom stereocenters. The molecule has 94 valence electrons. The molecule has 0 saturated carbocycles. The number of carbonyl (C=O) groups excluding carboxylic acids is 1. The lowest BCUT2D eigenvalue weighted by Gasteiger charge is -2.15. The molecular formula is C13H16N3O2+. The van der Waals surface area contributed by atoms with E-state index >= 15 is 0 Å². The second-order valence-corrected chi connectivity index (χ2v) is 4.18. The van der Waals surface area contributed by atoms with Gasteiger partial charge in [0.25, 0.3) is 5.91 Å². The quantitative estimate of drug-likeness (QED) is 0.590. The molecule has 0 fully saturated rings. The first-order valence-electron chi connectivity index (χ1n) is 5.75. The summed E-state index contributed by atoms with van der Waals surface area (Å²) < 4.78 is 5.56. The second-order valence-electron chi connectivity index (χ2n) is 4.18. The lowest BCUT2D eigenvalue weighted by molar-refractivity contribution is -0.398. The summed E-state index contributed by atoms with van der Waals surface area (Å²) in [6.07, 6.45) is 3.58. The van der Waals surface area contributed by atoms with Gasteiger partial charge in [-0.1, -0.05) is 18.2 Å². The first kappa shape index (κ1) is 12.3. The van der Waals surface area contributed by atoms with Gasteiger partial charge in [-0.3, -0.25) is 4.79 Å². The Morgan fingerprint density at radius 2 is 2.33 bits per heavy atom. The molecule has 5 heteroatoms. The summed E-state index contributed by atoms with van der Waals surface area (Å²) in [4.78, 5) is 11.2. The van der Waals surface area contributed by atoms with E-state index in [9.17, 15) is 4.79 Å². The van der Waals surface area contributed by atoms with Crippen molar-refractivity contribution in [3.63, 3.8) is 0 Å². The normalized spacial score (nSPS) is 15.6. The smallest absolute Gasteiger partial charge is 0.297 e. The van der Waals surface area contributed by atoms with Crippen LogP contribution in [0.5, 0.6) is 5.75 Å². The van der Waals surface area contributed by atoms with Crippen LogP contribution in [0.2, 0.25) is 0 Å². The number of rotatable bonds is 3. The number of quaternary nitrogens is 1. The van der Waals surface area contributed by atoms with E-state index in [1.54, 1.807) is 13.1 Å². The minimum absolute atomic E-state index is 0.205. The SMILES string of the molecule is CC([NH3+])C(=O)NN=CC1=Cc2ccccc2OC1. The van der Waals surface area contributed by atoms with Crippen molar-refractivity contribution in [2.75, 3.05) is 6.61 Å². The van der Waals surface area contributed by atoms with E-state index in [0.717, 1.165) is 16.9 Å². The number of hydrazone groups is 1. The third kappa shape index (κ3) is 2.95. The number of fused-ring (bicyclic) bond motifs is 1. The predicted octanol–water partition coefficient (Wildman–Crippen LogP) is 0.195. The zero-order valence-corrected chi connectivity index (χ0v) is 10.2. The maximum absolute atomic E-state index is 11.2. The number of amides is 1. The number of benzene rings is 1. The Morgan fingerprint density at radius 1 is 1.56 bits per heavy atom. The highest BCUT2D eigenvalue weighted by Gasteiger charge is 2.10. The highest BCUT2D eigenvalue weighted by Crippen LogP contribution is 2.24. The lowest BCUT2D eigenvalue weighted by atomic mass is 10.1. The maximum atomic E-state index is 11.2. The van der Waals surface area contributed by atoms with E-state index in [0.29, 0.717) is 6.61 Å². The zero-order chi connectivity index (χ0) is 13.0. The molecule has 5 nitrogen and oxygen atoms in total. The molecule has 4 N–H and O–H groups in total. The first-order chi connectivity index (χ1) is 8.66. The Balaban J connectivity index is 2.02. The molecule has 1 heterocycles. The monoisotopic (exact) mass is 246 g/mol. The van der Waals surface area contributed by atoms with Gasteiger partial charge in [-0.05, 0) is 19.1 Å². The summed E-state index contributed by atoms with van der Waals surface area (Å²) >= 11 is 0. The fourth-order valence-electron chi connectivity index (χ4n) is 1.50. The van der Waals surface area contributed by atoms with Crippen LogP contribution in [0.3, 0.4) is 0 Å².